The first-order chi connectivity index (χ1) is 11.4. The average Bonchev–Trinajstić information content (AvgIpc) is 2.99. The van der Waals surface area contributed by atoms with Crippen molar-refractivity contribution < 1.29 is 14.3 Å². The zero-order valence-electron chi connectivity index (χ0n) is 13.7. The molecule has 0 saturated heterocycles. The molecule has 24 heavy (non-hydrogen) atoms. The minimum absolute atomic E-state index is 0.222. The van der Waals surface area contributed by atoms with Crippen LogP contribution < -0.4 is 5.32 Å². The standard InChI is InChI=1S/C18H21Cl2NO3/c1-11(15-8-7-14(19)10-16(15)20)21-18(23)12(2)24-17(22)9-13-5-3-4-6-13/h3,5,7-8,10-13H,4,6,9H2,1-2H3,(H,21,23)/t11-,12-,13-/m0/s1. The summed E-state index contributed by atoms with van der Waals surface area (Å²) in [5.74, 6) is -0.491. The Hall–Kier alpha value is -1.52. The number of hydrogen-bond acceptors (Lipinski definition) is 3. The molecule has 1 aliphatic rings. The van der Waals surface area contributed by atoms with E-state index >= 15 is 0 Å². The molecule has 1 N–H and O–H groups in total. The maximum Gasteiger partial charge on any atom is 0.307 e. The molecule has 2 rings (SSSR count). The summed E-state index contributed by atoms with van der Waals surface area (Å²) >= 11 is 12.0. The maximum atomic E-state index is 12.2. The molecule has 0 unspecified atom stereocenters. The Bertz CT molecular complexity index is 645. The Morgan fingerprint density at radius 1 is 1.33 bits per heavy atom. The molecule has 0 fully saturated rings. The van der Waals surface area contributed by atoms with Crippen molar-refractivity contribution in [3.8, 4) is 0 Å². The Morgan fingerprint density at radius 2 is 2.08 bits per heavy atom. The van der Waals surface area contributed by atoms with E-state index in [0.717, 1.165) is 18.4 Å². The highest BCUT2D eigenvalue weighted by Gasteiger charge is 2.22. The van der Waals surface area contributed by atoms with Gasteiger partial charge in [-0.2, -0.15) is 0 Å². The molecule has 1 aromatic rings. The van der Waals surface area contributed by atoms with Crippen molar-refractivity contribution in [2.24, 2.45) is 5.92 Å². The van der Waals surface area contributed by atoms with Crippen molar-refractivity contribution in [2.45, 2.75) is 45.3 Å². The minimum atomic E-state index is -0.851. The number of benzene rings is 1. The highest BCUT2D eigenvalue weighted by atomic mass is 35.5. The van der Waals surface area contributed by atoms with Gasteiger partial charge >= 0.3 is 5.97 Å². The first kappa shape index (κ1) is 18.8. The van der Waals surface area contributed by atoms with Gasteiger partial charge < -0.3 is 10.1 Å². The third kappa shape index (κ3) is 5.25. The van der Waals surface area contributed by atoms with Crippen molar-refractivity contribution in [3.05, 3.63) is 46.0 Å². The normalized spacial score (nSPS) is 18.9. The van der Waals surface area contributed by atoms with Crippen molar-refractivity contribution in [1.29, 1.82) is 0 Å². The van der Waals surface area contributed by atoms with Crippen LogP contribution in [0.1, 0.15) is 44.7 Å². The molecular formula is C18H21Cl2NO3. The number of carbonyl (C=O) groups excluding carboxylic acids is 2. The van der Waals surface area contributed by atoms with E-state index in [4.69, 9.17) is 27.9 Å². The fourth-order valence-electron chi connectivity index (χ4n) is 2.64. The van der Waals surface area contributed by atoms with Crippen LogP contribution in [-0.2, 0) is 14.3 Å². The highest BCUT2D eigenvalue weighted by Crippen LogP contribution is 2.26. The second-order valence-electron chi connectivity index (χ2n) is 6.00. The summed E-state index contributed by atoms with van der Waals surface area (Å²) in [6.07, 6.45) is 5.50. The summed E-state index contributed by atoms with van der Waals surface area (Å²) in [5.41, 5.74) is 0.754. The lowest BCUT2D eigenvalue weighted by Crippen LogP contribution is -2.37. The largest absolute Gasteiger partial charge is 0.453 e. The molecule has 1 aromatic carbocycles. The highest BCUT2D eigenvalue weighted by molar-refractivity contribution is 6.35. The summed E-state index contributed by atoms with van der Waals surface area (Å²) in [4.78, 5) is 24.1. The van der Waals surface area contributed by atoms with Gasteiger partial charge in [0.15, 0.2) is 6.10 Å². The van der Waals surface area contributed by atoms with Crippen LogP contribution in [0.4, 0.5) is 0 Å². The fraction of sp³-hybridized carbons (Fsp3) is 0.444. The molecule has 1 aliphatic carbocycles. The van der Waals surface area contributed by atoms with Crippen molar-refractivity contribution >= 4 is 35.1 Å². The van der Waals surface area contributed by atoms with E-state index in [2.05, 4.69) is 11.4 Å². The van der Waals surface area contributed by atoms with Crippen LogP contribution in [0.5, 0.6) is 0 Å². The van der Waals surface area contributed by atoms with Crippen LogP contribution in [0.2, 0.25) is 10.0 Å². The van der Waals surface area contributed by atoms with E-state index in [0.29, 0.717) is 16.5 Å². The summed E-state index contributed by atoms with van der Waals surface area (Å²) < 4.78 is 5.22. The number of nitrogens with one attached hydrogen (secondary N) is 1. The van der Waals surface area contributed by atoms with Crippen LogP contribution >= 0.6 is 23.2 Å². The lowest BCUT2D eigenvalue weighted by molar-refractivity contribution is -0.155. The van der Waals surface area contributed by atoms with Gasteiger partial charge in [0, 0.05) is 10.0 Å². The third-order valence-electron chi connectivity index (χ3n) is 4.01. The smallest absolute Gasteiger partial charge is 0.307 e. The van der Waals surface area contributed by atoms with Crippen molar-refractivity contribution in [3.63, 3.8) is 0 Å². The summed E-state index contributed by atoms with van der Waals surface area (Å²) in [6, 6.07) is 4.78. The fourth-order valence-corrected chi connectivity index (χ4v) is 3.21. The van der Waals surface area contributed by atoms with Gasteiger partial charge in [-0.25, -0.2) is 0 Å². The van der Waals surface area contributed by atoms with Crippen LogP contribution in [0.25, 0.3) is 0 Å². The molecule has 0 radical (unpaired) electrons. The molecule has 6 heteroatoms. The van der Waals surface area contributed by atoms with Crippen molar-refractivity contribution in [2.75, 3.05) is 0 Å². The maximum absolute atomic E-state index is 12.2. The van der Waals surface area contributed by atoms with E-state index < -0.39 is 6.10 Å². The van der Waals surface area contributed by atoms with Gasteiger partial charge in [-0.05, 0) is 50.3 Å². The van der Waals surface area contributed by atoms with Gasteiger partial charge in [0.05, 0.1) is 12.5 Å². The minimum Gasteiger partial charge on any atom is -0.453 e. The van der Waals surface area contributed by atoms with Gasteiger partial charge in [0.1, 0.15) is 0 Å². The molecule has 4 nitrogen and oxygen atoms in total. The summed E-state index contributed by atoms with van der Waals surface area (Å²) in [6.45, 7) is 3.37. The number of hydrogen-bond donors (Lipinski definition) is 1. The van der Waals surface area contributed by atoms with Gasteiger partial charge in [-0.15, -0.1) is 0 Å². The van der Waals surface area contributed by atoms with Crippen molar-refractivity contribution in [1.82, 2.24) is 5.32 Å². The summed E-state index contributed by atoms with van der Waals surface area (Å²) in [7, 11) is 0. The predicted octanol–water partition coefficient (Wildman–Crippen LogP) is 4.46. The topological polar surface area (TPSA) is 55.4 Å². The van der Waals surface area contributed by atoms with Crippen LogP contribution in [0, 0.1) is 5.92 Å². The molecule has 0 saturated carbocycles. The first-order valence-corrected chi connectivity index (χ1v) is 8.74. The third-order valence-corrected chi connectivity index (χ3v) is 4.57. The van der Waals surface area contributed by atoms with Crippen LogP contribution in [-0.4, -0.2) is 18.0 Å². The Balaban J connectivity index is 1.86. The van der Waals surface area contributed by atoms with Gasteiger partial charge in [-0.1, -0.05) is 41.4 Å². The lowest BCUT2D eigenvalue weighted by atomic mass is 10.1. The number of ether oxygens (including phenoxy) is 1. The zero-order chi connectivity index (χ0) is 17.7. The molecule has 0 aliphatic heterocycles. The van der Waals surface area contributed by atoms with Gasteiger partial charge in [0.25, 0.3) is 5.91 Å². The van der Waals surface area contributed by atoms with Crippen LogP contribution in [0.3, 0.4) is 0 Å². The molecule has 0 aromatic heterocycles. The second-order valence-corrected chi connectivity index (χ2v) is 6.84. The molecule has 130 valence electrons. The quantitative estimate of drug-likeness (QED) is 0.594. The van der Waals surface area contributed by atoms with Crippen LogP contribution in [0.15, 0.2) is 30.4 Å². The second kappa shape index (κ2) is 8.54. The Labute approximate surface area is 152 Å². The Kier molecular flexibility index (Phi) is 6.69. The average molecular weight is 370 g/mol. The summed E-state index contributed by atoms with van der Waals surface area (Å²) in [5, 5.41) is 3.81. The van der Waals surface area contributed by atoms with Gasteiger partial charge in [-0.3, -0.25) is 9.59 Å². The number of halogens is 2. The number of amides is 1. The SMILES string of the molecule is C[C@H](OC(=O)C[C@H]1C=CCC1)C(=O)N[C@@H](C)c1ccc(Cl)cc1Cl. The monoisotopic (exact) mass is 369 g/mol. The predicted molar refractivity (Wildman–Crippen MR) is 95.1 cm³/mol. The van der Waals surface area contributed by atoms with Gasteiger partial charge in [0.2, 0.25) is 0 Å². The van der Waals surface area contributed by atoms with E-state index in [1.165, 1.54) is 0 Å². The number of carbonyl (C=O) groups is 2. The zero-order valence-corrected chi connectivity index (χ0v) is 15.2. The van der Waals surface area contributed by atoms with E-state index in [9.17, 15) is 9.59 Å². The molecule has 3 atom stereocenters. The molecule has 0 spiro atoms. The number of allylic oxidation sites excluding steroid dienone is 2. The Morgan fingerprint density at radius 3 is 2.71 bits per heavy atom. The number of rotatable bonds is 6. The van der Waals surface area contributed by atoms with E-state index in [-0.39, 0.29) is 23.8 Å². The molecule has 0 heterocycles. The lowest BCUT2D eigenvalue weighted by Gasteiger charge is -2.19. The van der Waals surface area contributed by atoms with E-state index in [1.54, 1.807) is 25.1 Å². The molecular weight excluding hydrogens is 349 g/mol. The number of esters is 1. The molecule has 1 amide bonds. The first-order valence-electron chi connectivity index (χ1n) is 7.98. The van der Waals surface area contributed by atoms with E-state index in [1.807, 2.05) is 13.0 Å². The molecule has 0 bridgehead atoms.